The molecule has 0 unspecified atom stereocenters. The first kappa shape index (κ1) is 16.2. The molecule has 3 rings (SSSR count). The summed E-state index contributed by atoms with van der Waals surface area (Å²) in [5.74, 6) is 0.541. The molecule has 2 aromatic carbocycles. The van der Waals surface area contributed by atoms with Crippen LogP contribution in [0.3, 0.4) is 0 Å². The number of aryl methyl sites for hydroxylation is 1. The molecule has 0 saturated heterocycles. The monoisotopic (exact) mass is 360 g/mol. The number of hydrogen-bond donors (Lipinski definition) is 3. The van der Waals surface area contributed by atoms with Crippen molar-refractivity contribution < 1.29 is 10.2 Å². The zero-order valence-corrected chi connectivity index (χ0v) is 14.1. The first-order valence-electron chi connectivity index (χ1n) is 6.96. The lowest BCUT2D eigenvalue weighted by Gasteiger charge is -2.05. The number of H-pyrrole nitrogens is 1. The first-order valence-corrected chi connectivity index (χ1v) is 7.74. The Bertz CT molecular complexity index is 994. The highest BCUT2D eigenvalue weighted by atomic mass is 35.5. The van der Waals surface area contributed by atoms with Crippen LogP contribution in [-0.2, 0) is 0 Å². The van der Waals surface area contributed by atoms with Gasteiger partial charge in [0.05, 0.1) is 6.21 Å². The van der Waals surface area contributed by atoms with Gasteiger partial charge in [-0.1, -0.05) is 11.6 Å². The lowest BCUT2D eigenvalue weighted by atomic mass is 10.1. The molecule has 3 N–H and O–H groups in total. The SMILES string of the molecule is Cc1cc(Cl)ccc1-c1n[nH]c(=S)n1/N=C/c1cc(O)ccc1O. The van der Waals surface area contributed by atoms with Crippen molar-refractivity contribution in [2.24, 2.45) is 5.10 Å². The van der Waals surface area contributed by atoms with Gasteiger partial charge in [-0.3, -0.25) is 0 Å². The fourth-order valence-corrected chi connectivity index (χ4v) is 2.62. The first-order chi connectivity index (χ1) is 11.5. The van der Waals surface area contributed by atoms with Crippen LogP contribution >= 0.6 is 23.8 Å². The summed E-state index contributed by atoms with van der Waals surface area (Å²) in [7, 11) is 0. The Morgan fingerprint density at radius 1 is 1.25 bits per heavy atom. The minimum Gasteiger partial charge on any atom is -0.508 e. The standard InChI is InChI=1S/C16H13ClN4O2S/c1-9-6-11(17)2-4-13(9)15-19-20-16(24)21(15)18-8-10-7-12(22)3-5-14(10)23/h2-8,22-23H,1H3,(H,20,24)/b18-8+. The van der Waals surface area contributed by atoms with E-state index in [0.29, 0.717) is 21.2 Å². The molecule has 0 aliphatic heterocycles. The van der Waals surface area contributed by atoms with Crippen molar-refractivity contribution in [1.29, 1.82) is 0 Å². The molecule has 0 spiro atoms. The Balaban J connectivity index is 2.06. The average Bonchev–Trinajstić information content (AvgIpc) is 2.89. The molecule has 0 atom stereocenters. The van der Waals surface area contributed by atoms with Crippen LogP contribution in [0.2, 0.25) is 5.02 Å². The van der Waals surface area contributed by atoms with E-state index in [1.165, 1.54) is 29.1 Å². The zero-order chi connectivity index (χ0) is 17.3. The lowest BCUT2D eigenvalue weighted by molar-refractivity contribution is 0.459. The molecule has 122 valence electrons. The van der Waals surface area contributed by atoms with Crippen LogP contribution in [0.5, 0.6) is 11.5 Å². The molecule has 8 heteroatoms. The van der Waals surface area contributed by atoms with Crippen molar-refractivity contribution in [1.82, 2.24) is 14.9 Å². The summed E-state index contributed by atoms with van der Waals surface area (Å²) in [6.45, 7) is 1.91. The molecule has 0 fully saturated rings. The predicted octanol–water partition coefficient (Wildman–Crippen LogP) is 3.86. The Kier molecular flexibility index (Phi) is 4.37. The summed E-state index contributed by atoms with van der Waals surface area (Å²) >= 11 is 11.2. The van der Waals surface area contributed by atoms with Crippen LogP contribution in [0.15, 0.2) is 41.5 Å². The fourth-order valence-electron chi connectivity index (χ4n) is 2.22. The highest BCUT2D eigenvalue weighted by molar-refractivity contribution is 7.71. The largest absolute Gasteiger partial charge is 0.508 e. The summed E-state index contributed by atoms with van der Waals surface area (Å²) < 4.78 is 1.74. The number of aromatic nitrogens is 3. The summed E-state index contributed by atoms with van der Waals surface area (Å²) in [5.41, 5.74) is 2.11. The summed E-state index contributed by atoms with van der Waals surface area (Å²) in [5, 5.41) is 31.1. The maximum absolute atomic E-state index is 9.82. The van der Waals surface area contributed by atoms with Crippen LogP contribution < -0.4 is 0 Å². The Morgan fingerprint density at radius 2 is 2.04 bits per heavy atom. The molecule has 24 heavy (non-hydrogen) atoms. The Labute approximate surface area is 147 Å². The van der Waals surface area contributed by atoms with E-state index in [-0.39, 0.29) is 11.5 Å². The van der Waals surface area contributed by atoms with Crippen molar-refractivity contribution in [2.75, 3.05) is 0 Å². The van der Waals surface area contributed by atoms with Gasteiger partial charge in [0.25, 0.3) is 0 Å². The second kappa shape index (κ2) is 6.46. The van der Waals surface area contributed by atoms with Crippen LogP contribution in [-0.4, -0.2) is 31.3 Å². The minimum absolute atomic E-state index is 0.00390. The number of nitrogens with one attached hydrogen (secondary N) is 1. The van der Waals surface area contributed by atoms with Crippen molar-refractivity contribution in [3.63, 3.8) is 0 Å². The number of phenols is 2. The molecule has 0 saturated carbocycles. The van der Waals surface area contributed by atoms with Gasteiger partial charge < -0.3 is 10.2 Å². The predicted molar refractivity (Wildman–Crippen MR) is 95.4 cm³/mol. The summed E-state index contributed by atoms with van der Waals surface area (Å²) in [4.78, 5) is 0. The van der Waals surface area contributed by atoms with E-state index >= 15 is 0 Å². The average molecular weight is 361 g/mol. The minimum atomic E-state index is -0.00390. The number of hydrogen-bond acceptors (Lipinski definition) is 5. The van der Waals surface area contributed by atoms with Gasteiger partial charge in [-0.15, -0.1) is 0 Å². The third kappa shape index (κ3) is 3.17. The van der Waals surface area contributed by atoms with E-state index < -0.39 is 0 Å². The van der Waals surface area contributed by atoms with E-state index in [2.05, 4.69) is 15.3 Å². The molecule has 0 aliphatic rings. The topological polar surface area (TPSA) is 86.4 Å². The third-order valence-electron chi connectivity index (χ3n) is 3.40. The quantitative estimate of drug-likeness (QED) is 0.376. The molecule has 0 bridgehead atoms. The lowest BCUT2D eigenvalue weighted by Crippen LogP contribution is -1.96. The number of rotatable bonds is 3. The van der Waals surface area contributed by atoms with Crippen LogP contribution in [0, 0.1) is 11.7 Å². The highest BCUT2D eigenvalue weighted by Gasteiger charge is 2.11. The molecule has 0 aliphatic carbocycles. The van der Waals surface area contributed by atoms with Crippen LogP contribution in [0.4, 0.5) is 0 Å². The van der Waals surface area contributed by atoms with Gasteiger partial charge in [0.1, 0.15) is 11.5 Å². The van der Waals surface area contributed by atoms with E-state index in [0.717, 1.165) is 11.1 Å². The molecule has 1 heterocycles. The van der Waals surface area contributed by atoms with Gasteiger partial charge in [-0.25, -0.2) is 5.10 Å². The normalized spacial score (nSPS) is 11.2. The molecular formula is C16H13ClN4O2S. The van der Waals surface area contributed by atoms with Gasteiger partial charge in [0.15, 0.2) is 5.82 Å². The smallest absolute Gasteiger partial charge is 0.216 e. The Morgan fingerprint density at radius 3 is 2.79 bits per heavy atom. The molecule has 6 nitrogen and oxygen atoms in total. The molecular weight excluding hydrogens is 348 g/mol. The number of phenolic OH excluding ortho intramolecular Hbond substituents is 2. The second-order valence-electron chi connectivity index (χ2n) is 5.11. The van der Waals surface area contributed by atoms with E-state index in [4.69, 9.17) is 23.8 Å². The van der Waals surface area contributed by atoms with Crippen molar-refractivity contribution >= 4 is 30.0 Å². The number of aromatic amines is 1. The van der Waals surface area contributed by atoms with Crippen LogP contribution in [0.25, 0.3) is 11.4 Å². The van der Waals surface area contributed by atoms with E-state index in [1.807, 2.05) is 19.1 Å². The van der Waals surface area contributed by atoms with Crippen molar-refractivity contribution in [3.8, 4) is 22.9 Å². The van der Waals surface area contributed by atoms with Crippen molar-refractivity contribution in [3.05, 3.63) is 57.3 Å². The van der Waals surface area contributed by atoms with E-state index in [1.54, 1.807) is 6.07 Å². The van der Waals surface area contributed by atoms with Crippen molar-refractivity contribution in [2.45, 2.75) is 6.92 Å². The second-order valence-corrected chi connectivity index (χ2v) is 5.93. The van der Waals surface area contributed by atoms with Gasteiger partial charge in [0, 0.05) is 16.1 Å². The fraction of sp³-hybridized carbons (Fsp3) is 0.0625. The summed E-state index contributed by atoms with van der Waals surface area (Å²) in [6.07, 6.45) is 1.40. The summed E-state index contributed by atoms with van der Waals surface area (Å²) in [6, 6.07) is 9.59. The Hall–Kier alpha value is -2.64. The molecule has 0 radical (unpaired) electrons. The van der Waals surface area contributed by atoms with Gasteiger partial charge in [0.2, 0.25) is 4.77 Å². The molecule has 3 aromatic rings. The molecule has 0 amide bonds. The number of nitrogens with zero attached hydrogens (tertiary/aromatic N) is 3. The van der Waals surface area contributed by atoms with Gasteiger partial charge in [-0.2, -0.15) is 14.9 Å². The van der Waals surface area contributed by atoms with Crippen LogP contribution in [0.1, 0.15) is 11.1 Å². The maximum atomic E-state index is 9.82. The number of benzene rings is 2. The zero-order valence-electron chi connectivity index (χ0n) is 12.6. The number of aromatic hydroxyl groups is 2. The van der Waals surface area contributed by atoms with Gasteiger partial charge >= 0.3 is 0 Å². The molecule has 1 aromatic heterocycles. The van der Waals surface area contributed by atoms with Gasteiger partial charge in [-0.05, 0) is 61.1 Å². The third-order valence-corrected chi connectivity index (χ3v) is 3.90. The van der Waals surface area contributed by atoms with E-state index in [9.17, 15) is 10.2 Å². The highest BCUT2D eigenvalue weighted by Crippen LogP contribution is 2.25. The number of halogens is 1. The maximum Gasteiger partial charge on any atom is 0.216 e.